The monoisotopic (exact) mass is 644 g/mol. The number of carbonyl (C=O) groups is 1. The summed E-state index contributed by atoms with van der Waals surface area (Å²) >= 11 is 0. The van der Waals surface area contributed by atoms with Crippen LogP contribution in [-0.2, 0) is 19.4 Å². The Kier molecular flexibility index (Phi) is 15.4. The van der Waals surface area contributed by atoms with Crippen LogP contribution in [0.1, 0.15) is 84.0 Å². The van der Waals surface area contributed by atoms with E-state index in [-0.39, 0.29) is 27.3 Å². The van der Waals surface area contributed by atoms with Crippen LogP contribution in [0.5, 0.6) is 11.5 Å². The summed E-state index contributed by atoms with van der Waals surface area (Å²) in [6, 6.07) is 26.7. The molecule has 7 heteroatoms. The summed E-state index contributed by atoms with van der Waals surface area (Å²) < 4.78 is 31.1. The van der Waals surface area contributed by atoms with Gasteiger partial charge in [-0.1, -0.05) is 132 Å². The predicted octanol–water partition coefficient (Wildman–Crippen LogP) is 10.1. The van der Waals surface area contributed by atoms with Crippen molar-refractivity contribution in [2.24, 2.45) is 0 Å². The van der Waals surface area contributed by atoms with E-state index >= 15 is 0 Å². The van der Waals surface area contributed by atoms with Crippen molar-refractivity contribution in [1.82, 2.24) is 0 Å². The average molecular weight is 645 g/mol. The molecule has 0 saturated heterocycles. The van der Waals surface area contributed by atoms with Gasteiger partial charge in [0.2, 0.25) is 9.84 Å². The van der Waals surface area contributed by atoms with Crippen LogP contribution in [0, 0.1) is 0 Å². The molecule has 0 aliphatic rings. The zero-order valence-electron chi connectivity index (χ0n) is 27.2. The fraction of sp³-hybridized carbons (Fsp3) is 0.359. The molecule has 0 amide bonds. The molecule has 0 radical (unpaired) electrons. The first-order chi connectivity index (χ1) is 22.3. The van der Waals surface area contributed by atoms with Crippen LogP contribution in [-0.4, -0.2) is 31.7 Å². The second kappa shape index (κ2) is 19.4. The number of phenols is 2. The van der Waals surface area contributed by atoms with E-state index in [9.17, 15) is 23.4 Å². The maximum atomic E-state index is 13.3. The van der Waals surface area contributed by atoms with Crippen LogP contribution in [0.3, 0.4) is 0 Å². The lowest BCUT2D eigenvalue weighted by molar-refractivity contribution is -0.140. The highest BCUT2D eigenvalue weighted by atomic mass is 32.2. The Morgan fingerprint density at radius 3 is 1.37 bits per heavy atom. The number of esters is 1. The quantitative estimate of drug-likeness (QED) is 0.0930. The molecule has 4 aromatic carbocycles. The molecule has 0 bridgehead atoms. The van der Waals surface area contributed by atoms with Gasteiger partial charge in [-0.2, -0.15) is 0 Å². The van der Waals surface area contributed by atoms with Crippen molar-refractivity contribution in [1.29, 1.82) is 0 Å². The first-order valence-electron chi connectivity index (χ1n) is 16.4. The summed E-state index contributed by atoms with van der Waals surface area (Å²) in [7, 11) is -2.40. The zero-order valence-corrected chi connectivity index (χ0v) is 28.0. The molecule has 4 rings (SSSR count). The molecule has 0 atom stereocenters. The van der Waals surface area contributed by atoms with Gasteiger partial charge in [0, 0.05) is 17.5 Å². The van der Waals surface area contributed by atoms with Gasteiger partial charge in [0.05, 0.1) is 16.9 Å². The molecule has 0 unspecified atom stereocenters. The summed E-state index contributed by atoms with van der Waals surface area (Å²) in [6.07, 6.45) is 15.1. The number of hydrogen-bond donors (Lipinski definition) is 2. The van der Waals surface area contributed by atoms with E-state index in [0.717, 1.165) is 17.5 Å². The van der Waals surface area contributed by atoms with E-state index in [2.05, 4.69) is 11.7 Å². The molecule has 2 N–H and O–H groups in total. The molecule has 0 saturated carbocycles. The Labute approximate surface area is 275 Å². The fourth-order valence-electron chi connectivity index (χ4n) is 5.23. The predicted molar refractivity (Wildman–Crippen MR) is 186 cm³/mol. The lowest BCUT2D eigenvalue weighted by atomic mass is 10.1. The zero-order chi connectivity index (χ0) is 33.2. The summed E-state index contributed by atoms with van der Waals surface area (Å²) in [5, 5.41) is 20.5. The molecule has 4 aromatic rings. The second-order valence-corrected chi connectivity index (χ2v) is 13.4. The lowest BCUT2D eigenvalue weighted by Gasteiger charge is -2.11. The van der Waals surface area contributed by atoms with Crippen molar-refractivity contribution in [3.8, 4) is 33.8 Å². The first kappa shape index (κ1) is 36.4. The molecular weight excluding hydrogens is 596 g/mol. The van der Waals surface area contributed by atoms with Crippen LogP contribution < -0.4 is 0 Å². The fourth-order valence-corrected chi connectivity index (χ4v) is 6.55. The number of phenolic OH excluding ortho intramolecular Hbond substituents is 2. The van der Waals surface area contributed by atoms with Crippen molar-refractivity contribution in [2.75, 3.05) is 7.11 Å². The Morgan fingerprint density at radius 1 is 0.587 bits per heavy atom. The molecule has 46 heavy (non-hydrogen) atoms. The number of rotatable bonds is 16. The molecule has 0 aliphatic carbocycles. The summed E-state index contributed by atoms with van der Waals surface area (Å²) in [4.78, 5) is 11.0. The minimum absolute atomic E-state index is 0.00540. The largest absolute Gasteiger partial charge is 0.507 e. The number of hydrogen-bond acceptors (Lipinski definition) is 6. The molecule has 0 spiro atoms. The lowest BCUT2D eigenvalue weighted by Crippen LogP contribution is -2.02. The van der Waals surface area contributed by atoms with E-state index < -0.39 is 9.84 Å². The van der Waals surface area contributed by atoms with Crippen molar-refractivity contribution in [3.05, 3.63) is 97.1 Å². The van der Waals surface area contributed by atoms with Crippen LogP contribution in [0.15, 0.2) is 107 Å². The summed E-state index contributed by atoms with van der Waals surface area (Å²) in [6.45, 7) is 2.26. The van der Waals surface area contributed by atoms with E-state index in [1.807, 2.05) is 36.4 Å². The molecular formula is C39H48O6S. The number of unbranched alkanes of at least 4 members (excludes halogenated alkanes) is 10. The maximum Gasteiger partial charge on any atom is 0.305 e. The van der Waals surface area contributed by atoms with Gasteiger partial charge in [-0.25, -0.2) is 8.42 Å². The minimum Gasteiger partial charge on any atom is -0.507 e. The van der Waals surface area contributed by atoms with E-state index in [1.165, 1.54) is 108 Å². The molecule has 0 aliphatic heterocycles. The van der Waals surface area contributed by atoms with Gasteiger partial charge in [-0.3, -0.25) is 4.79 Å². The van der Waals surface area contributed by atoms with Crippen LogP contribution in [0.25, 0.3) is 22.3 Å². The number of ether oxygens (including phenoxy) is 1. The van der Waals surface area contributed by atoms with Crippen LogP contribution >= 0.6 is 0 Å². The maximum absolute atomic E-state index is 13.3. The first-order valence-corrected chi connectivity index (χ1v) is 17.8. The SMILES string of the molecule is CCCCCCCCCCCCCC(=O)OC.O=S(=O)(c1ccc(O)c(-c2ccccc2)c1)c1ccc(O)c(-c2ccccc2)c1. The van der Waals surface area contributed by atoms with E-state index in [0.29, 0.717) is 17.5 Å². The van der Waals surface area contributed by atoms with Gasteiger partial charge in [0.15, 0.2) is 0 Å². The Hall–Kier alpha value is -4.10. The van der Waals surface area contributed by atoms with Crippen molar-refractivity contribution in [3.63, 3.8) is 0 Å². The van der Waals surface area contributed by atoms with Gasteiger partial charge in [-0.05, 0) is 53.9 Å². The van der Waals surface area contributed by atoms with Gasteiger partial charge in [0.25, 0.3) is 0 Å². The van der Waals surface area contributed by atoms with Crippen molar-refractivity contribution >= 4 is 15.8 Å². The minimum atomic E-state index is -3.86. The molecule has 0 heterocycles. The van der Waals surface area contributed by atoms with Crippen molar-refractivity contribution < 1.29 is 28.2 Å². The topological polar surface area (TPSA) is 101 Å². The third kappa shape index (κ3) is 11.4. The number of methoxy groups -OCH3 is 1. The Balaban J connectivity index is 0.000000292. The van der Waals surface area contributed by atoms with Gasteiger partial charge in [-0.15, -0.1) is 0 Å². The summed E-state index contributed by atoms with van der Waals surface area (Å²) in [5.41, 5.74) is 2.32. The molecule has 0 aromatic heterocycles. The molecule has 6 nitrogen and oxygen atoms in total. The number of sulfone groups is 1. The van der Waals surface area contributed by atoms with Gasteiger partial charge < -0.3 is 14.9 Å². The average Bonchev–Trinajstić information content (AvgIpc) is 3.08. The van der Waals surface area contributed by atoms with E-state index in [4.69, 9.17) is 0 Å². The number of carbonyl (C=O) groups excluding carboxylic acids is 1. The molecule has 246 valence electrons. The van der Waals surface area contributed by atoms with Crippen LogP contribution in [0.4, 0.5) is 0 Å². The third-order valence-corrected chi connectivity index (χ3v) is 9.69. The third-order valence-electron chi connectivity index (χ3n) is 7.94. The van der Waals surface area contributed by atoms with Gasteiger partial charge in [0.1, 0.15) is 11.5 Å². The molecule has 0 fully saturated rings. The highest BCUT2D eigenvalue weighted by Gasteiger charge is 2.21. The van der Waals surface area contributed by atoms with Gasteiger partial charge >= 0.3 is 5.97 Å². The number of aromatic hydroxyl groups is 2. The van der Waals surface area contributed by atoms with Crippen LogP contribution in [0.2, 0.25) is 0 Å². The standard InChI is InChI=1S/C24H18O4S.C15H30O2/c25-23-13-11-19(15-21(23)17-7-3-1-4-8-17)29(27,28)20-12-14-24(26)22(16-20)18-9-5-2-6-10-18;1-3-4-5-6-7-8-9-10-11-12-13-14-15(16)17-2/h1-16,25-26H;3-14H2,1-2H3. The van der Waals surface area contributed by atoms with E-state index in [1.54, 1.807) is 24.3 Å². The smallest absolute Gasteiger partial charge is 0.305 e. The normalized spacial score (nSPS) is 11.0. The summed E-state index contributed by atoms with van der Waals surface area (Å²) in [5.74, 6) is -0.0578. The second-order valence-electron chi connectivity index (χ2n) is 11.5. The van der Waals surface area contributed by atoms with Crippen molar-refractivity contribution in [2.45, 2.75) is 93.8 Å². The Bertz CT molecular complexity index is 1490. The Morgan fingerprint density at radius 2 is 0.978 bits per heavy atom. The highest BCUT2D eigenvalue weighted by molar-refractivity contribution is 7.91. The number of benzene rings is 4. The highest BCUT2D eigenvalue weighted by Crippen LogP contribution is 2.36.